The van der Waals surface area contributed by atoms with Crippen LogP contribution in [-0.4, -0.2) is 4.57 Å². The van der Waals surface area contributed by atoms with Crippen LogP contribution in [0.1, 0.15) is 39.7 Å². The minimum absolute atomic E-state index is 0.222. The number of imidazole rings is 1. The molecule has 1 aliphatic carbocycles. The molecule has 0 bridgehead atoms. The molecule has 12 heavy (non-hydrogen) atoms. The van der Waals surface area contributed by atoms with Gasteiger partial charge in [0, 0.05) is 0 Å². The fraction of sp³-hybridized carbons (Fsp3) is 0.700. The molecule has 2 nitrogen and oxygen atoms in total. The Morgan fingerprint density at radius 3 is 2.42 bits per heavy atom. The van der Waals surface area contributed by atoms with Crippen LogP contribution in [0.3, 0.4) is 0 Å². The molecule has 1 aromatic heterocycles. The molecule has 0 aliphatic heterocycles. The van der Waals surface area contributed by atoms with Gasteiger partial charge in [0.15, 0.2) is 0 Å². The summed E-state index contributed by atoms with van der Waals surface area (Å²) >= 11 is 0. The van der Waals surface area contributed by atoms with Crippen LogP contribution in [0.25, 0.3) is 0 Å². The van der Waals surface area contributed by atoms with Gasteiger partial charge in [0.05, 0.1) is 0 Å². The zero-order valence-electron chi connectivity index (χ0n) is 8.12. The fourth-order valence-corrected chi connectivity index (χ4v) is 1.35. The van der Waals surface area contributed by atoms with Crippen LogP contribution in [0.4, 0.5) is 0 Å². The summed E-state index contributed by atoms with van der Waals surface area (Å²) in [7, 11) is 0. The van der Waals surface area contributed by atoms with E-state index in [0.29, 0.717) is 0 Å². The van der Waals surface area contributed by atoms with Gasteiger partial charge in [-0.3, -0.25) is 0 Å². The van der Waals surface area contributed by atoms with Crippen LogP contribution in [0.2, 0.25) is 0 Å². The van der Waals surface area contributed by atoms with Crippen LogP contribution in [0.15, 0.2) is 18.7 Å². The molecule has 0 spiro atoms. The van der Waals surface area contributed by atoms with E-state index >= 15 is 0 Å². The van der Waals surface area contributed by atoms with Gasteiger partial charge in [-0.2, -0.15) is 0 Å². The van der Waals surface area contributed by atoms with E-state index in [9.17, 15) is 0 Å². The van der Waals surface area contributed by atoms with Crippen molar-refractivity contribution in [2.75, 3.05) is 0 Å². The van der Waals surface area contributed by atoms with Gasteiger partial charge in [0.2, 0.25) is 6.33 Å². The Labute approximate surface area is 73.8 Å². The first-order chi connectivity index (χ1) is 5.57. The lowest BCUT2D eigenvalue weighted by Gasteiger charge is -2.13. The van der Waals surface area contributed by atoms with Crippen LogP contribution in [0.5, 0.6) is 0 Å². The highest BCUT2D eigenvalue weighted by Gasteiger charge is 2.30. The fourth-order valence-electron chi connectivity index (χ4n) is 1.35. The summed E-state index contributed by atoms with van der Waals surface area (Å²) in [6, 6.07) is 0.800. The summed E-state index contributed by atoms with van der Waals surface area (Å²) in [5.74, 6) is 0. The number of hydrogen-bond donors (Lipinski definition) is 0. The molecule has 0 saturated heterocycles. The van der Waals surface area contributed by atoms with Gasteiger partial charge >= 0.3 is 0 Å². The molecule has 1 saturated carbocycles. The highest BCUT2D eigenvalue weighted by atomic mass is 15.2. The van der Waals surface area contributed by atoms with Crippen LogP contribution < -0.4 is 4.57 Å². The summed E-state index contributed by atoms with van der Waals surface area (Å²) in [6.07, 6.45) is 9.29. The van der Waals surface area contributed by atoms with Crippen LogP contribution in [-0.2, 0) is 5.54 Å². The zero-order chi connectivity index (χ0) is 8.77. The summed E-state index contributed by atoms with van der Waals surface area (Å²) < 4.78 is 4.59. The van der Waals surface area contributed by atoms with E-state index in [1.165, 1.54) is 12.8 Å². The summed E-state index contributed by atoms with van der Waals surface area (Å²) in [5, 5.41) is 0. The number of aromatic nitrogens is 2. The molecule has 1 aliphatic rings. The Hall–Kier alpha value is -0.790. The third-order valence-corrected chi connectivity index (χ3v) is 2.40. The third kappa shape index (κ3) is 1.38. The van der Waals surface area contributed by atoms with Crippen molar-refractivity contribution in [3.05, 3.63) is 18.7 Å². The predicted octanol–water partition coefficient (Wildman–Crippen LogP) is 1.87. The molecule has 0 N–H and O–H groups in total. The minimum Gasteiger partial charge on any atom is -0.234 e. The van der Waals surface area contributed by atoms with Crippen molar-refractivity contribution in [1.29, 1.82) is 0 Å². The van der Waals surface area contributed by atoms with E-state index in [1.54, 1.807) is 0 Å². The van der Waals surface area contributed by atoms with Crippen molar-refractivity contribution in [3.8, 4) is 0 Å². The molecule has 1 fully saturated rings. The molecule has 1 heterocycles. The maximum absolute atomic E-state index is 2.32. The van der Waals surface area contributed by atoms with E-state index in [0.717, 1.165) is 6.04 Å². The highest BCUT2D eigenvalue weighted by Crippen LogP contribution is 2.34. The van der Waals surface area contributed by atoms with Crippen LogP contribution in [0, 0.1) is 0 Å². The molecular formula is C10H17N2+. The van der Waals surface area contributed by atoms with E-state index in [4.69, 9.17) is 0 Å². The van der Waals surface area contributed by atoms with Gasteiger partial charge in [-0.05, 0) is 33.6 Å². The molecule has 0 atom stereocenters. The summed E-state index contributed by atoms with van der Waals surface area (Å²) in [5.41, 5.74) is 0.222. The van der Waals surface area contributed by atoms with Gasteiger partial charge in [-0.15, -0.1) is 0 Å². The molecule has 0 amide bonds. The maximum Gasteiger partial charge on any atom is 0.244 e. The van der Waals surface area contributed by atoms with Crippen molar-refractivity contribution in [2.24, 2.45) is 0 Å². The predicted molar refractivity (Wildman–Crippen MR) is 47.9 cm³/mol. The molecule has 2 rings (SSSR count). The lowest BCUT2D eigenvalue weighted by atomic mass is 10.1. The maximum atomic E-state index is 2.32. The largest absolute Gasteiger partial charge is 0.244 e. The van der Waals surface area contributed by atoms with Crippen molar-refractivity contribution in [2.45, 2.75) is 45.2 Å². The standard InChI is InChI=1S/C10H17N2/c1-10(2,3)12-7-6-11(8-12)9-4-5-9/h6-9H,4-5H2,1-3H3/q+1. The van der Waals surface area contributed by atoms with E-state index < -0.39 is 0 Å². The lowest BCUT2D eigenvalue weighted by Crippen LogP contribution is -2.48. The normalized spacial score (nSPS) is 18.2. The number of nitrogens with zero attached hydrogens (tertiary/aromatic N) is 2. The molecule has 0 aromatic carbocycles. The zero-order valence-corrected chi connectivity index (χ0v) is 8.12. The van der Waals surface area contributed by atoms with Crippen LogP contribution >= 0.6 is 0 Å². The quantitative estimate of drug-likeness (QED) is 0.562. The highest BCUT2D eigenvalue weighted by molar-refractivity contribution is 4.84. The summed E-state index contributed by atoms with van der Waals surface area (Å²) in [4.78, 5) is 0. The Balaban J connectivity index is 2.23. The molecular weight excluding hydrogens is 148 g/mol. The Kier molecular flexibility index (Phi) is 1.53. The first-order valence-corrected chi connectivity index (χ1v) is 4.66. The first kappa shape index (κ1) is 7.84. The molecule has 1 aromatic rings. The van der Waals surface area contributed by atoms with Gasteiger partial charge in [0.1, 0.15) is 24.0 Å². The Morgan fingerprint density at radius 1 is 1.33 bits per heavy atom. The monoisotopic (exact) mass is 165 g/mol. The smallest absolute Gasteiger partial charge is 0.234 e. The van der Waals surface area contributed by atoms with Crippen molar-refractivity contribution >= 4 is 0 Å². The van der Waals surface area contributed by atoms with Crippen molar-refractivity contribution in [3.63, 3.8) is 0 Å². The summed E-state index contributed by atoms with van der Waals surface area (Å²) in [6.45, 7) is 6.68. The van der Waals surface area contributed by atoms with E-state index in [-0.39, 0.29) is 5.54 Å². The average Bonchev–Trinajstić information content (AvgIpc) is 2.66. The Bertz CT molecular complexity index is 276. The number of rotatable bonds is 1. The van der Waals surface area contributed by atoms with E-state index in [2.05, 4.69) is 48.6 Å². The third-order valence-electron chi connectivity index (χ3n) is 2.40. The van der Waals surface area contributed by atoms with Gasteiger partial charge in [-0.1, -0.05) is 0 Å². The van der Waals surface area contributed by atoms with Gasteiger partial charge in [0.25, 0.3) is 0 Å². The van der Waals surface area contributed by atoms with Crippen molar-refractivity contribution in [1.82, 2.24) is 4.57 Å². The lowest BCUT2D eigenvalue weighted by molar-refractivity contribution is -0.753. The van der Waals surface area contributed by atoms with E-state index in [1.807, 2.05) is 0 Å². The second-order valence-electron chi connectivity index (χ2n) is 4.67. The topological polar surface area (TPSA) is 8.81 Å². The molecule has 66 valence electrons. The molecule has 0 unspecified atom stereocenters. The second-order valence-corrected chi connectivity index (χ2v) is 4.67. The molecule has 0 radical (unpaired) electrons. The second kappa shape index (κ2) is 2.35. The van der Waals surface area contributed by atoms with Crippen molar-refractivity contribution < 1.29 is 4.57 Å². The Morgan fingerprint density at radius 2 is 2.00 bits per heavy atom. The van der Waals surface area contributed by atoms with Gasteiger partial charge in [-0.25, -0.2) is 9.13 Å². The minimum atomic E-state index is 0.222. The van der Waals surface area contributed by atoms with Gasteiger partial charge < -0.3 is 0 Å². The average molecular weight is 165 g/mol. The first-order valence-electron chi connectivity index (χ1n) is 4.66. The number of hydrogen-bond acceptors (Lipinski definition) is 0. The SMILES string of the molecule is CC(C)(C)[n+]1ccn(C2CC2)c1. The molecule has 2 heteroatoms.